The van der Waals surface area contributed by atoms with Crippen LogP contribution in [0, 0.1) is 5.82 Å². The lowest BCUT2D eigenvalue weighted by atomic mass is 10.1. The van der Waals surface area contributed by atoms with E-state index < -0.39 is 0 Å². The van der Waals surface area contributed by atoms with E-state index >= 15 is 0 Å². The predicted molar refractivity (Wildman–Crippen MR) is 79.0 cm³/mol. The van der Waals surface area contributed by atoms with Crippen LogP contribution >= 0.6 is 12.2 Å². The van der Waals surface area contributed by atoms with Crippen molar-refractivity contribution in [2.75, 3.05) is 19.8 Å². The SMILES string of the molecule is CC1COC(CO)CN1Cc1ccc(C(N)=S)cc1F. The fourth-order valence-electron chi connectivity index (χ4n) is 2.25. The average Bonchev–Trinajstić information content (AvgIpc) is 2.43. The first kappa shape index (κ1) is 15.3. The Bertz CT molecular complexity index is 498. The fraction of sp³-hybridized carbons (Fsp3) is 0.500. The van der Waals surface area contributed by atoms with Crippen molar-refractivity contribution >= 4 is 17.2 Å². The Morgan fingerprint density at radius 2 is 2.35 bits per heavy atom. The van der Waals surface area contributed by atoms with E-state index in [1.807, 2.05) is 6.92 Å². The monoisotopic (exact) mass is 298 g/mol. The minimum Gasteiger partial charge on any atom is -0.394 e. The van der Waals surface area contributed by atoms with Gasteiger partial charge in [-0.15, -0.1) is 0 Å². The first-order valence-corrected chi connectivity index (χ1v) is 6.96. The maximum absolute atomic E-state index is 14.0. The average molecular weight is 298 g/mol. The molecule has 0 radical (unpaired) electrons. The van der Waals surface area contributed by atoms with Gasteiger partial charge in [0, 0.05) is 30.3 Å². The maximum atomic E-state index is 14.0. The van der Waals surface area contributed by atoms with Gasteiger partial charge in [-0.3, -0.25) is 4.90 Å². The highest BCUT2D eigenvalue weighted by Gasteiger charge is 2.26. The summed E-state index contributed by atoms with van der Waals surface area (Å²) in [6, 6.07) is 4.99. The van der Waals surface area contributed by atoms with Gasteiger partial charge in [-0.2, -0.15) is 0 Å². The number of halogens is 1. The molecule has 110 valence electrons. The number of nitrogens with two attached hydrogens (primary N) is 1. The van der Waals surface area contributed by atoms with Crippen LogP contribution in [0.3, 0.4) is 0 Å². The van der Waals surface area contributed by atoms with E-state index in [1.54, 1.807) is 12.1 Å². The molecular formula is C14H19FN2O2S. The number of hydrogen-bond donors (Lipinski definition) is 2. The summed E-state index contributed by atoms with van der Waals surface area (Å²) in [6.45, 7) is 3.61. The van der Waals surface area contributed by atoms with Gasteiger partial charge in [0.05, 0.1) is 19.3 Å². The highest BCUT2D eigenvalue weighted by Crippen LogP contribution is 2.18. The molecule has 1 aliphatic heterocycles. The largest absolute Gasteiger partial charge is 0.394 e. The third kappa shape index (κ3) is 3.52. The Morgan fingerprint density at radius 1 is 1.60 bits per heavy atom. The zero-order valence-electron chi connectivity index (χ0n) is 11.4. The molecule has 1 aromatic rings. The van der Waals surface area contributed by atoms with Gasteiger partial charge in [-0.25, -0.2) is 4.39 Å². The van der Waals surface area contributed by atoms with E-state index in [0.717, 1.165) is 0 Å². The van der Waals surface area contributed by atoms with Gasteiger partial charge in [-0.05, 0) is 13.0 Å². The van der Waals surface area contributed by atoms with Crippen molar-refractivity contribution < 1.29 is 14.2 Å². The number of thiocarbonyl (C=S) groups is 1. The summed E-state index contributed by atoms with van der Waals surface area (Å²) in [4.78, 5) is 2.29. The molecule has 2 unspecified atom stereocenters. The molecule has 3 N–H and O–H groups in total. The predicted octanol–water partition coefficient (Wildman–Crippen LogP) is 1.04. The Labute approximate surface area is 123 Å². The number of ether oxygens (including phenoxy) is 1. The van der Waals surface area contributed by atoms with Gasteiger partial charge in [0.25, 0.3) is 0 Å². The number of benzene rings is 1. The quantitative estimate of drug-likeness (QED) is 0.814. The molecule has 1 fully saturated rings. The zero-order valence-corrected chi connectivity index (χ0v) is 12.2. The Kier molecular flexibility index (Phi) is 5.04. The number of nitrogens with zero attached hydrogens (tertiary/aromatic N) is 1. The molecule has 1 aliphatic rings. The van der Waals surface area contributed by atoms with Crippen LogP contribution in [0.2, 0.25) is 0 Å². The summed E-state index contributed by atoms with van der Waals surface area (Å²) in [7, 11) is 0. The van der Waals surface area contributed by atoms with Crippen LogP contribution in [-0.4, -0.2) is 46.9 Å². The molecule has 0 bridgehead atoms. The lowest BCUT2D eigenvalue weighted by Gasteiger charge is -2.37. The summed E-state index contributed by atoms with van der Waals surface area (Å²) >= 11 is 4.83. The number of aliphatic hydroxyl groups is 1. The molecule has 0 spiro atoms. The second-order valence-electron chi connectivity index (χ2n) is 5.09. The van der Waals surface area contributed by atoms with Gasteiger partial charge in [0.2, 0.25) is 0 Å². The Balaban J connectivity index is 2.10. The van der Waals surface area contributed by atoms with Crippen molar-refractivity contribution in [3.8, 4) is 0 Å². The molecule has 6 heteroatoms. The van der Waals surface area contributed by atoms with Crippen LogP contribution in [0.1, 0.15) is 18.1 Å². The third-order valence-corrected chi connectivity index (χ3v) is 3.78. The number of morpholine rings is 1. The number of hydrogen-bond acceptors (Lipinski definition) is 4. The molecule has 0 aromatic heterocycles. The lowest BCUT2D eigenvalue weighted by molar-refractivity contribution is -0.0807. The Morgan fingerprint density at radius 3 is 2.95 bits per heavy atom. The highest BCUT2D eigenvalue weighted by atomic mass is 32.1. The van der Waals surface area contributed by atoms with Crippen molar-refractivity contribution in [3.63, 3.8) is 0 Å². The molecule has 2 atom stereocenters. The van der Waals surface area contributed by atoms with Gasteiger partial charge < -0.3 is 15.6 Å². The van der Waals surface area contributed by atoms with E-state index in [1.165, 1.54) is 6.07 Å². The molecule has 4 nitrogen and oxygen atoms in total. The van der Waals surface area contributed by atoms with Crippen molar-refractivity contribution in [2.45, 2.75) is 25.6 Å². The zero-order chi connectivity index (χ0) is 14.7. The van der Waals surface area contributed by atoms with Crippen LogP contribution in [-0.2, 0) is 11.3 Å². The molecule has 1 saturated heterocycles. The van der Waals surface area contributed by atoms with Crippen molar-refractivity contribution in [3.05, 3.63) is 35.1 Å². The molecular weight excluding hydrogens is 279 g/mol. The number of rotatable bonds is 4. The van der Waals surface area contributed by atoms with E-state index in [2.05, 4.69) is 4.90 Å². The number of aliphatic hydroxyl groups excluding tert-OH is 1. The standard InChI is InChI=1S/C14H19FN2O2S/c1-9-8-19-12(7-18)6-17(9)5-11-3-2-10(14(16)20)4-13(11)15/h2-4,9,12,18H,5-8H2,1H3,(H2,16,20). The summed E-state index contributed by atoms with van der Waals surface area (Å²) < 4.78 is 19.5. The van der Waals surface area contributed by atoms with E-state index in [4.69, 9.17) is 27.8 Å². The summed E-state index contributed by atoms with van der Waals surface area (Å²) in [6.07, 6.45) is -0.204. The Hall–Kier alpha value is -1.08. The lowest BCUT2D eigenvalue weighted by Crippen LogP contribution is -2.48. The molecule has 2 rings (SSSR count). The van der Waals surface area contributed by atoms with Crippen LogP contribution in [0.4, 0.5) is 4.39 Å². The van der Waals surface area contributed by atoms with Crippen LogP contribution in [0.15, 0.2) is 18.2 Å². The smallest absolute Gasteiger partial charge is 0.128 e. The third-order valence-electron chi connectivity index (χ3n) is 3.55. The van der Waals surface area contributed by atoms with E-state index in [-0.39, 0.29) is 29.6 Å². The topological polar surface area (TPSA) is 58.7 Å². The molecule has 20 heavy (non-hydrogen) atoms. The summed E-state index contributed by atoms with van der Waals surface area (Å²) in [5.74, 6) is -0.311. The van der Waals surface area contributed by atoms with Gasteiger partial charge in [0.1, 0.15) is 10.8 Å². The van der Waals surface area contributed by atoms with Gasteiger partial charge >= 0.3 is 0 Å². The van der Waals surface area contributed by atoms with Crippen LogP contribution in [0.25, 0.3) is 0 Å². The van der Waals surface area contributed by atoms with Crippen molar-refractivity contribution in [1.29, 1.82) is 0 Å². The van der Waals surface area contributed by atoms with Crippen LogP contribution < -0.4 is 5.73 Å². The molecule has 1 aromatic carbocycles. The highest BCUT2D eigenvalue weighted by molar-refractivity contribution is 7.80. The minimum atomic E-state index is -0.311. The molecule has 0 aliphatic carbocycles. The van der Waals surface area contributed by atoms with E-state index in [0.29, 0.717) is 30.8 Å². The first-order chi connectivity index (χ1) is 9.51. The summed E-state index contributed by atoms with van der Waals surface area (Å²) in [5, 5.41) is 9.16. The molecule has 0 saturated carbocycles. The molecule has 1 heterocycles. The first-order valence-electron chi connectivity index (χ1n) is 6.56. The second kappa shape index (κ2) is 6.58. The second-order valence-corrected chi connectivity index (χ2v) is 5.53. The van der Waals surface area contributed by atoms with Crippen LogP contribution in [0.5, 0.6) is 0 Å². The van der Waals surface area contributed by atoms with Gasteiger partial charge in [-0.1, -0.05) is 24.4 Å². The molecule has 0 amide bonds. The minimum absolute atomic E-state index is 0.0217. The fourth-order valence-corrected chi connectivity index (χ4v) is 2.38. The maximum Gasteiger partial charge on any atom is 0.128 e. The normalized spacial score (nSPS) is 23.8. The van der Waals surface area contributed by atoms with E-state index in [9.17, 15) is 4.39 Å². The summed E-state index contributed by atoms with van der Waals surface area (Å²) in [5.41, 5.74) is 6.61. The van der Waals surface area contributed by atoms with Gasteiger partial charge in [0.15, 0.2) is 0 Å². The van der Waals surface area contributed by atoms with Crippen molar-refractivity contribution in [1.82, 2.24) is 4.90 Å². The van der Waals surface area contributed by atoms with Crippen molar-refractivity contribution in [2.24, 2.45) is 5.73 Å².